The lowest BCUT2D eigenvalue weighted by molar-refractivity contribution is -0.0326. The van der Waals surface area contributed by atoms with Crippen LogP contribution in [-0.2, 0) is 11.2 Å². The molecule has 1 N–H and O–H groups in total. The summed E-state index contributed by atoms with van der Waals surface area (Å²) in [5.74, 6) is 0.824. The minimum absolute atomic E-state index is 0.0272. The first kappa shape index (κ1) is 14.4. The van der Waals surface area contributed by atoms with E-state index in [-0.39, 0.29) is 11.7 Å². The standard InChI is InChI=1S/C17H23NO3/c1-17(2)9-8-14(21-17)11-20-13-7-6-12-4-3-5-16(18-19)15(12)10-13/h6-7,10,14,19H,3-5,8-9,11H2,1-2H3/b18-16-. The van der Waals surface area contributed by atoms with Crippen LogP contribution in [0.15, 0.2) is 23.4 Å². The van der Waals surface area contributed by atoms with Crippen molar-refractivity contribution in [2.45, 2.75) is 57.7 Å². The molecule has 114 valence electrons. The van der Waals surface area contributed by atoms with Crippen molar-refractivity contribution in [2.75, 3.05) is 6.61 Å². The molecule has 0 radical (unpaired) electrons. The number of oxime groups is 1. The van der Waals surface area contributed by atoms with Crippen LogP contribution in [0.2, 0.25) is 0 Å². The van der Waals surface area contributed by atoms with Gasteiger partial charge in [0.15, 0.2) is 0 Å². The number of fused-ring (bicyclic) bond motifs is 1. The Balaban J connectivity index is 1.67. The number of ether oxygens (including phenoxy) is 2. The van der Waals surface area contributed by atoms with Crippen molar-refractivity contribution in [3.8, 4) is 5.75 Å². The number of rotatable bonds is 3. The van der Waals surface area contributed by atoms with Crippen LogP contribution in [-0.4, -0.2) is 29.2 Å². The van der Waals surface area contributed by atoms with E-state index in [1.54, 1.807) is 0 Å². The SMILES string of the molecule is CC1(C)CCC(COc2ccc3c(c2)/C(=N\O)CCC3)O1. The van der Waals surface area contributed by atoms with Gasteiger partial charge in [0, 0.05) is 5.56 Å². The van der Waals surface area contributed by atoms with Gasteiger partial charge < -0.3 is 14.7 Å². The third-order valence-corrected chi connectivity index (χ3v) is 4.36. The number of benzene rings is 1. The van der Waals surface area contributed by atoms with Gasteiger partial charge in [0.2, 0.25) is 0 Å². The van der Waals surface area contributed by atoms with Crippen molar-refractivity contribution in [3.63, 3.8) is 0 Å². The van der Waals surface area contributed by atoms with E-state index < -0.39 is 0 Å². The summed E-state index contributed by atoms with van der Waals surface area (Å²) in [6.07, 6.45) is 5.19. The number of hydrogen-bond donors (Lipinski definition) is 1. The first-order valence-corrected chi connectivity index (χ1v) is 7.72. The number of hydrogen-bond acceptors (Lipinski definition) is 4. The van der Waals surface area contributed by atoms with Crippen LogP contribution in [0.5, 0.6) is 5.75 Å². The normalized spacial score (nSPS) is 25.8. The summed E-state index contributed by atoms with van der Waals surface area (Å²) in [5, 5.41) is 12.5. The zero-order chi connectivity index (χ0) is 14.9. The second-order valence-corrected chi connectivity index (χ2v) is 6.57. The van der Waals surface area contributed by atoms with Gasteiger partial charge in [-0.25, -0.2) is 0 Å². The van der Waals surface area contributed by atoms with Crippen LogP contribution >= 0.6 is 0 Å². The lowest BCUT2D eigenvalue weighted by Crippen LogP contribution is -2.24. The molecule has 1 unspecified atom stereocenters. The molecule has 0 saturated carbocycles. The topological polar surface area (TPSA) is 51.0 Å². The monoisotopic (exact) mass is 289 g/mol. The van der Waals surface area contributed by atoms with Crippen molar-refractivity contribution >= 4 is 5.71 Å². The zero-order valence-electron chi connectivity index (χ0n) is 12.8. The van der Waals surface area contributed by atoms with Crippen molar-refractivity contribution in [1.82, 2.24) is 0 Å². The van der Waals surface area contributed by atoms with E-state index in [0.717, 1.165) is 49.1 Å². The first-order chi connectivity index (χ1) is 10.1. The molecule has 1 atom stereocenters. The molecule has 0 bridgehead atoms. The molecule has 1 saturated heterocycles. The molecular formula is C17H23NO3. The lowest BCUT2D eigenvalue weighted by Gasteiger charge is -2.20. The number of aryl methyl sites for hydroxylation is 1. The Bertz CT molecular complexity index is 551. The van der Waals surface area contributed by atoms with Crippen molar-refractivity contribution in [1.29, 1.82) is 0 Å². The van der Waals surface area contributed by atoms with E-state index in [2.05, 4.69) is 25.1 Å². The molecule has 0 spiro atoms. The molecule has 1 fully saturated rings. The first-order valence-electron chi connectivity index (χ1n) is 7.72. The van der Waals surface area contributed by atoms with Crippen LogP contribution < -0.4 is 4.74 Å². The Morgan fingerprint density at radius 2 is 2.24 bits per heavy atom. The Hall–Kier alpha value is -1.55. The predicted molar refractivity (Wildman–Crippen MR) is 81.4 cm³/mol. The molecule has 4 nitrogen and oxygen atoms in total. The highest BCUT2D eigenvalue weighted by molar-refractivity contribution is 6.02. The van der Waals surface area contributed by atoms with Gasteiger partial charge in [-0.2, -0.15) is 0 Å². The van der Waals surface area contributed by atoms with E-state index in [1.807, 2.05) is 12.1 Å². The average molecular weight is 289 g/mol. The zero-order valence-corrected chi connectivity index (χ0v) is 12.8. The fraction of sp³-hybridized carbons (Fsp3) is 0.588. The number of nitrogens with zero attached hydrogens (tertiary/aromatic N) is 1. The Kier molecular flexibility index (Phi) is 3.89. The van der Waals surface area contributed by atoms with Gasteiger partial charge in [0.25, 0.3) is 0 Å². The summed E-state index contributed by atoms with van der Waals surface area (Å²) in [6.45, 7) is 4.82. The van der Waals surface area contributed by atoms with Crippen molar-refractivity contribution in [2.24, 2.45) is 5.16 Å². The molecule has 0 amide bonds. The molecule has 1 aromatic carbocycles. The molecule has 2 aliphatic rings. The maximum atomic E-state index is 9.12. The van der Waals surface area contributed by atoms with E-state index in [1.165, 1.54) is 5.56 Å². The van der Waals surface area contributed by atoms with Crippen LogP contribution in [0, 0.1) is 0 Å². The summed E-state index contributed by atoms with van der Waals surface area (Å²) < 4.78 is 11.8. The quantitative estimate of drug-likeness (QED) is 0.684. The Morgan fingerprint density at radius 1 is 1.38 bits per heavy atom. The van der Waals surface area contributed by atoms with E-state index >= 15 is 0 Å². The lowest BCUT2D eigenvalue weighted by atomic mass is 9.90. The molecule has 1 aliphatic heterocycles. The molecule has 3 rings (SSSR count). The predicted octanol–water partition coefficient (Wildman–Crippen LogP) is 3.54. The van der Waals surface area contributed by atoms with Crippen LogP contribution in [0.1, 0.15) is 50.7 Å². The molecular weight excluding hydrogens is 266 g/mol. The summed E-state index contributed by atoms with van der Waals surface area (Å²) in [5.41, 5.74) is 2.99. The molecule has 21 heavy (non-hydrogen) atoms. The van der Waals surface area contributed by atoms with Gasteiger partial charge >= 0.3 is 0 Å². The minimum Gasteiger partial charge on any atom is -0.491 e. The van der Waals surface area contributed by atoms with Gasteiger partial charge in [0.05, 0.1) is 17.4 Å². The smallest absolute Gasteiger partial charge is 0.120 e. The minimum atomic E-state index is -0.0272. The fourth-order valence-electron chi connectivity index (χ4n) is 3.20. The molecule has 4 heteroatoms. The van der Waals surface area contributed by atoms with E-state index in [0.29, 0.717) is 6.61 Å². The van der Waals surface area contributed by atoms with Gasteiger partial charge in [-0.3, -0.25) is 0 Å². The molecule has 1 heterocycles. The summed E-state index contributed by atoms with van der Waals surface area (Å²) in [6, 6.07) is 6.07. The van der Waals surface area contributed by atoms with Crippen LogP contribution in [0.4, 0.5) is 0 Å². The van der Waals surface area contributed by atoms with Crippen LogP contribution in [0.3, 0.4) is 0 Å². The Labute approximate surface area is 125 Å². The fourth-order valence-corrected chi connectivity index (χ4v) is 3.20. The maximum Gasteiger partial charge on any atom is 0.120 e. The average Bonchev–Trinajstić information content (AvgIpc) is 2.83. The van der Waals surface area contributed by atoms with Gasteiger partial charge in [-0.1, -0.05) is 11.2 Å². The summed E-state index contributed by atoms with van der Waals surface area (Å²) in [4.78, 5) is 0. The van der Waals surface area contributed by atoms with Gasteiger partial charge in [-0.15, -0.1) is 0 Å². The van der Waals surface area contributed by atoms with Crippen molar-refractivity contribution in [3.05, 3.63) is 29.3 Å². The highest BCUT2D eigenvalue weighted by Gasteiger charge is 2.32. The van der Waals surface area contributed by atoms with Gasteiger partial charge in [0.1, 0.15) is 12.4 Å². The highest BCUT2D eigenvalue weighted by Crippen LogP contribution is 2.30. The molecule has 1 aliphatic carbocycles. The van der Waals surface area contributed by atoms with Gasteiger partial charge in [-0.05, 0) is 63.6 Å². The van der Waals surface area contributed by atoms with E-state index in [9.17, 15) is 0 Å². The van der Waals surface area contributed by atoms with Crippen molar-refractivity contribution < 1.29 is 14.7 Å². The van der Waals surface area contributed by atoms with Crippen LogP contribution in [0.25, 0.3) is 0 Å². The summed E-state index contributed by atoms with van der Waals surface area (Å²) in [7, 11) is 0. The highest BCUT2D eigenvalue weighted by atomic mass is 16.6. The Morgan fingerprint density at radius 3 is 2.95 bits per heavy atom. The second kappa shape index (κ2) is 5.68. The molecule has 0 aromatic heterocycles. The maximum absolute atomic E-state index is 9.12. The largest absolute Gasteiger partial charge is 0.491 e. The van der Waals surface area contributed by atoms with E-state index in [4.69, 9.17) is 14.7 Å². The second-order valence-electron chi connectivity index (χ2n) is 6.57. The third-order valence-electron chi connectivity index (χ3n) is 4.36. The summed E-state index contributed by atoms with van der Waals surface area (Å²) >= 11 is 0. The molecule has 1 aromatic rings. The third kappa shape index (κ3) is 3.21.